The van der Waals surface area contributed by atoms with E-state index in [-0.39, 0.29) is 36.6 Å². The Morgan fingerprint density at radius 1 is 1.03 bits per heavy atom. The summed E-state index contributed by atoms with van der Waals surface area (Å²) in [6.07, 6.45) is -0.0585. The predicted molar refractivity (Wildman–Crippen MR) is 108 cm³/mol. The van der Waals surface area contributed by atoms with E-state index in [2.05, 4.69) is 14.8 Å². The van der Waals surface area contributed by atoms with E-state index in [1.165, 1.54) is 14.0 Å². The summed E-state index contributed by atoms with van der Waals surface area (Å²) in [5, 5.41) is 2.23. The molecule has 2 unspecified atom stereocenters. The van der Waals surface area contributed by atoms with Gasteiger partial charge in [0.05, 0.1) is 14.2 Å². The lowest BCUT2D eigenvalue weighted by molar-refractivity contribution is -0.155. The SMILES string of the molecule is CCC(=O)SCC(NC(=O)CCC(N)C(=O)OC)C(=O)N(CC(=O)OC)C(=O)CC. The summed E-state index contributed by atoms with van der Waals surface area (Å²) in [7, 11) is 2.28. The van der Waals surface area contributed by atoms with Crippen LogP contribution in [0.4, 0.5) is 0 Å². The molecule has 0 spiro atoms. The van der Waals surface area contributed by atoms with Crippen molar-refractivity contribution in [3.8, 4) is 0 Å². The van der Waals surface area contributed by atoms with E-state index in [4.69, 9.17) is 5.73 Å². The van der Waals surface area contributed by atoms with Crippen molar-refractivity contribution in [1.82, 2.24) is 10.2 Å². The topological polar surface area (TPSA) is 162 Å². The van der Waals surface area contributed by atoms with Gasteiger partial charge >= 0.3 is 11.9 Å². The number of esters is 2. The zero-order valence-corrected chi connectivity index (χ0v) is 18.4. The molecule has 11 nitrogen and oxygen atoms in total. The first-order chi connectivity index (χ1) is 14.1. The highest BCUT2D eigenvalue weighted by molar-refractivity contribution is 8.13. The zero-order valence-electron chi connectivity index (χ0n) is 17.6. The van der Waals surface area contributed by atoms with Crippen LogP contribution < -0.4 is 11.1 Å². The minimum atomic E-state index is -1.24. The quantitative estimate of drug-likeness (QED) is 0.368. The molecule has 2 atom stereocenters. The Labute approximate surface area is 179 Å². The fraction of sp³-hybridized carbons (Fsp3) is 0.667. The largest absolute Gasteiger partial charge is 0.468 e. The van der Waals surface area contributed by atoms with Crippen LogP contribution in [-0.4, -0.2) is 78.3 Å². The molecule has 0 aliphatic heterocycles. The highest BCUT2D eigenvalue weighted by Crippen LogP contribution is 2.11. The first-order valence-corrected chi connectivity index (χ1v) is 10.3. The number of ether oxygens (including phenoxy) is 2. The molecule has 0 fully saturated rings. The van der Waals surface area contributed by atoms with Crippen molar-refractivity contribution in [2.24, 2.45) is 5.73 Å². The fourth-order valence-corrected chi connectivity index (χ4v) is 2.92. The van der Waals surface area contributed by atoms with E-state index < -0.39 is 48.3 Å². The van der Waals surface area contributed by atoms with E-state index in [9.17, 15) is 28.8 Å². The number of nitrogens with two attached hydrogens (primary N) is 1. The molecule has 0 rings (SSSR count). The molecular formula is C18H29N3O8S. The lowest BCUT2D eigenvalue weighted by Gasteiger charge is -2.25. The number of hydrogen-bond donors (Lipinski definition) is 2. The van der Waals surface area contributed by atoms with Gasteiger partial charge in [-0.1, -0.05) is 25.6 Å². The second kappa shape index (κ2) is 14.5. The van der Waals surface area contributed by atoms with Gasteiger partial charge in [0.15, 0.2) is 5.12 Å². The van der Waals surface area contributed by atoms with Crippen molar-refractivity contribution >= 4 is 46.5 Å². The summed E-state index contributed by atoms with van der Waals surface area (Å²) in [4.78, 5) is 72.6. The molecule has 0 aliphatic carbocycles. The van der Waals surface area contributed by atoms with E-state index in [0.29, 0.717) is 4.90 Å². The number of hydrogen-bond acceptors (Lipinski definition) is 10. The van der Waals surface area contributed by atoms with Gasteiger partial charge in [0.2, 0.25) is 11.8 Å². The van der Waals surface area contributed by atoms with Crippen LogP contribution in [0.1, 0.15) is 39.5 Å². The number of thioether (sulfide) groups is 1. The summed E-state index contributed by atoms with van der Waals surface area (Å²) in [5.74, 6) is -3.71. The van der Waals surface area contributed by atoms with E-state index in [0.717, 1.165) is 18.9 Å². The Hall–Kier alpha value is -2.47. The highest BCUT2D eigenvalue weighted by Gasteiger charge is 2.31. The van der Waals surface area contributed by atoms with Crippen molar-refractivity contribution < 1.29 is 38.2 Å². The monoisotopic (exact) mass is 447 g/mol. The van der Waals surface area contributed by atoms with Crippen LogP contribution in [0.2, 0.25) is 0 Å². The standard InChI is InChI=1S/C18H29N3O8S/c1-5-14(23)21(9-15(24)28-3)17(26)12(10-30-16(25)6-2)20-13(22)8-7-11(19)18(27)29-4/h11-12H,5-10,19H2,1-4H3,(H,20,22). The second-order valence-corrected chi connectivity index (χ2v) is 7.15. The van der Waals surface area contributed by atoms with Crippen LogP contribution in [0.15, 0.2) is 0 Å². The maximum Gasteiger partial charge on any atom is 0.325 e. The third-order valence-electron chi connectivity index (χ3n) is 3.90. The number of rotatable bonds is 12. The lowest BCUT2D eigenvalue weighted by atomic mass is 10.1. The van der Waals surface area contributed by atoms with Crippen LogP contribution in [0.25, 0.3) is 0 Å². The molecular weight excluding hydrogens is 418 g/mol. The third kappa shape index (κ3) is 9.83. The highest BCUT2D eigenvalue weighted by atomic mass is 32.2. The lowest BCUT2D eigenvalue weighted by Crippen LogP contribution is -2.53. The van der Waals surface area contributed by atoms with Crippen molar-refractivity contribution in [3.05, 3.63) is 0 Å². The van der Waals surface area contributed by atoms with Crippen LogP contribution in [0, 0.1) is 0 Å². The van der Waals surface area contributed by atoms with Gasteiger partial charge in [-0.15, -0.1) is 0 Å². The van der Waals surface area contributed by atoms with E-state index >= 15 is 0 Å². The Morgan fingerprint density at radius 3 is 2.17 bits per heavy atom. The van der Waals surface area contributed by atoms with Gasteiger partial charge in [-0.25, -0.2) is 0 Å². The average Bonchev–Trinajstić information content (AvgIpc) is 2.76. The molecule has 0 aliphatic rings. The summed E-state index contributed by atoms with van der Waals surface area (Å²) in [5.41, 5.74) is 5.58. The van der Waals surface area contributed by atoms with Crippen LogP contribution in [-0.2, 0) is 38.2 Å². The Morgan fingerprint density at radius 2 is 1.67 bits per heavy atom. The maximum atomic E-state index is 12.9. The molecule has 0 saturated carbocycles. The average molecular weight is 448 g/mol. The van der Waals surface area contributed by atoms with Gasteiger partial charge in [-0.3, -0.25) is 33.7 Å². The van der Waals surface area contributed by atoms with Gasteiger partial charge in [0.1, 0.15) is 18.6 Å². The van der Waals surface area contributed by atoms with Gasteiger partial charge in [-0.05, 0) is 6.42 Å². The molecule has 30 heavy (non-hydrogen) atoms. The van der Waals surface area contributed by atoms with Gasteiger partial charge in [0, 0.05) is 25.0 Å². The minimum Gasteiger partial charge on any atom is -0.468 e. The van der Waals surface area contributed by atoms with Gasteiger partial charge in [-0.2, -0.15) is 0 Å². The molecule has 0 bridgehead atoms. The van der Waals surface area contributed by atoms with Crippen LogP contribution in [0.5, 0.6) is 0 Å². The molecule has 0 aromatic rings. The molecule has 3 amide bonds. The molecule has 0 heterocycles. The number of methoxy groups -OCH3 is 2. The zero-order chi connectivity index (χ0) is 23.3. The Balaban J connectivity index is 5.36. The number of amides is 3. The molecule has 0 aromatic carbocycles. The maximum absolute atomic E-state index is 12.9. The molecule has 0 aromatic heterocycles. The smallest absolute Gasteiger partial charge is 0.325 e. The summed E-state index contributed by atoms with van der Waals surface area (Å²) in [6, 6.07) is -2.25. The normalized spacial score (nSPS) is 12.3. The number of nitrogens with zero attached hydrogens (tertiary/aromatic N) is 1. The third-order valence-corrected chi connectivity index (χ3v) is 5.01. The van der Waals surface area contributed by atoms with Crippen molar-refractivity contribution in [3.63, 3.8) is 0 Å². The number of carbonyl (C=O) groups is 6. The van der Waals surface area contributed by atoms with Crippen molar-refractivity contribution in [1.29, 1.82) is 0 Å². The molecule has 170 valence electrons. The second-order valence-electron chi connectivity index (χ2n) is 6.07. The molecule has 12 heteroatoms. The van der Waals surface area contributed by atoms with Crippen LogP contribution >= 0.6 is 11.8 Å². The van der Waals surface area contributed by atoms with E-state index in [1.807, 2.05) is 0 Å². The Kier molecular flexibility index (Phi) is 13.3. The van der Waals surface area contributed by atoms with Crippen molar-refractivity contribution in [2.75, 3.05) is 26.5 Å². The Bertz CT molecular complexity index is 655. The summed E-state index contributed by atoms with van der Waals surface area (Å²) in [6.45, 7) is 2.54. The fourth-order valence-electron chi connectivity index (χ4n) is 2.14. The van der Waals surface area contributed by atoms with Crippen LogP contribution in [0.3, 0.4) is 0 Å². The molecule has 3 N–H and O–H groups in total. The number of imide groups is 1. The number of nitrogens with one attached hydrogen (secondary N) is 1. The van der Waals surface area contributed by atoms with Gasteiger partial charge < -0.3 is 20.5 Å². The summed E-state index contributed by atoms with van der Waals surface area (Å²) >= 11 is 0.822. The number of carbonyl (C=O) groups excluding carboxylic acids is 6. The summed E-state index contributed by atoms with van der Waals surface area (Å²) < 4.78 is 8.99. The molecule has 0 radical (unpaired) electrons. The predicted octanol–water partition coefficient (Wildman–Crippen LogP) is -0.640. The first-order valence-electron chi connectivity index (χ1n) is 9.30. The molecule has 0 saturated heterocycles. The minimum absolute atomic E-state index is 0.0276. The van der Waals surface area contributed by atoms with Gasteiger partial charge in [0.25, 0.3) is 5.91 Å². The van der Waals surface area contributed by atoms with Crippen molar-refractivity contribution in [2.45, 2.75) is 51.6 Å². The first kappa shape index (κ1) is 27.5. The van der Waals surface area contributed by atoms with E-state index in [1.54, 1.807) is 6.92 Å².